The summed E-state index contributed by atoms with van der Waals surface area (Å²) in [6.07, 6.45) is 5.14. The zero-order chi connectivity index (χ0) is 36.6. The minimum atomic E-state index is -2.29. The normalized spacial score (nSPS) is 14.6. The summed E-state index contributed by atoms with van der Waals surface area (Å²) in [6, 6.07) is 38.3. The number of aromatic nitrogens is 3. The standard InChI is InChI=1S/C43H40N5O.Pd/c1-42(2,3)29-19-20-44-39(25-29)48-38-27-33(49-34-24-30(43(4,5)6)23-32(26-34)46-22-21-45(7)28-46)17-18-36(38)40-41(48)35-15-11-12-16-37(35)47(40)31-13-9-8-10-14-31;/h8-25,28H,1-7H3;/q-3;/i7D3;. The van der Waals surface area contributed by atoms with Crippen LogP contribution in [0.4, 0.5) is 5.69 Å². The molecule has 0 N–H and O–H groups in total. The number of anilines is 1. The third kappa shape index (κ3) is 5.89. The van der Waals surface area contributed by atoms with Gasteiger partial charge in [0.05, 0.1) is 11.0 Å². The predicted molar refractivity (Wildman–Crippen MR) is 201 cm³/mol. The van der Waals surface area contributed by atoms with Crippen molar-refractivity contribution in [3.05, 3.63) is 140 Å². The van der Waals surface area contributed by atoms with Gasteiger partial charge in [-0.2, -0.15) is 12.7 Å². The number of ether oxygens (including phenoxy) is 1. The number of nitrogens with zero attached hydrogens (tertiary/aromatic N) is 5. The van der Waals surface area contributed by atoms with Crippen LogP contribution in [0.25, 0.3) is 44.3 Å². The molecule has 7 aromatic rings. The number of para-hydroxylation sites is 2. The van der Waals surface area contributed by atoms with Gasteiger partial charge in [-0.15, -0.1) is 41.6 Å². The molecule has 8 rings (SSSR count). The summed E-state index contributed by atoms with van der Waals surface area (Å²) in [5, 5.41) is 2.12. The van der Waals surface area contributed by atoms with Gasteiger partial charge < -0.3 is 23.7 Å². The Labute approximate surface area is 312 Å². The molecule has 7 heteroatoms. The topological polar surface area (TPSA) is 38.5 Å². The molecule has 6 nitrogen and oxygen atoms in total. The molecule has 0 unspecified atom stereocenters. The van der Waals surface area contributed by atoms with E-state index < -0.39 is 6.98 Å². The molecule has 50 heavy (non-hydrogen) atoms. The Bertz CT molecular complexity index is 2500. The maximum absolute atomic E-state index is 7.84. The van der Waals surface area contributed by atoms with Gasteiger partial charge in [0, 0.05) is 58.8 Å². The summed E-state index contributed by atoms with van der Waals surface area (Å²) in [5.74, 6) is 1.83. The van der Waals surface area contributed by atoms with Gasteiger partial charge in [-0.05, 0) is 66.1 Å². The van der Waals surface area contributed by atoms with Crippen molar-refractivity contribution in [2.45, 2.75) is 52.4 Å². The fourth-order valence-electron chi connectivity index (χ4n) is 6.55. The van der Waals surface area contributed by atoms with Crippen molar-refractivity contribution in [2.24, 2.45) is 0 Å². The number of fused-ring (bicyclic) bond motifs is 5. The van der Waals surface area contributed by atoms with E-state index in [4.69, 9.17) is 13.8 Å². The zero-order valence-electron chi connectivity index (χ0n) is 31.9. The van der Waals surface area contributed by atoms with Gasteiger partial charge in [-0.3, -0.25) is 0 Å². The molecule has 0 radical (unpaired) electrons. The average molecular weight is 752 g/mol. The van der Waals surface area contributed by atoms with E-state index in [-0.39, 0.29) is 31.3 Å². The molecule has 0 fully saturated rings. The van der Waals surface area contributed by atoms with Gasteiger partial charge in [0.25, 0.3) is 0 Å². The quantitative estimate of drug-likeness (QED) is 0.130. The van der Waals surface area contributed by atoms with E-state index in [1.807, 2.05) is 30.5 Å². The fraction of sp³-hybridized carbons (Fsp3) is 0.209. The SMILES string of the molecule is [2H]C([2H])([2H])N1C=CN(c2[c-]c(Oc3[c-]c4c(cc3)c3c(c5ccccc5n3-c3ccccc3)n4-c3cc(C(C)(C)C)ccn3)cc(C(C)(C)C)c2)[CH-]1.[Pd]. The van der Waals surface area contributed by atoms with E-state index in [0.717, 1.165) is 49.9 Å². The fourth-order valence-corrected chi connectivity index (χ4v) is 6.55. The second kappa shape index (κ2) is 12.5. The monoisotopic (exact) mass is 751 g/mol. The minimum absolute atomic E-state index is 0. The Kier molecular flexibility index (Phi) is 7.51. The first-order valence-corrected chi connectivity index (χ1v) is 16.5. The first-order chi connectivity index (χ1) is 24.7. The van der Waals surface area contributed by atoms with E-state index in [1.54, 1.807) is 24.0 Å². The smallest absolute Gasteiger partial charge is 0.135 e. The van der Waals surface area contributed by atoms with Gasteiger partial charge in [-0.25, -0.2) is 4.98 Å². The number of benzene rings is 4. The summed E-state index contributed by atoms with van der Waals surface area (Å²) in [7, 11) is 0. The third-order valence-electron chi connectivity index (χ3n) is 9.13. The molecule has 0 saturated heterocycles. The Morgan fingerprint density at radius 1 is 0.720 bits per heavy atom. The van der Waals surface area contributed by atoms with E-state index >= 15 is 0 Å². The molecule has 4 aromatic carbocycles. The Balaban J connectivity index is 0.00000435. The van der Waals surface area contributed by atoms with Crippen molar-refractivity contribution in [3.63, 3.8) is 0 Å². The molecule has 256 valence electrons. The second-order valence-electron chi connectivity index (χ2n) is 14.7. The van der Waals surface area contributed by atoms with Crippen LogP contribution in [0.15, 0.2) is 110 Å². The maximum atomic E-state index is 7.84. The number of pyridine rings is 1. The van der Waals surface area contributed by atoms with Crippen LogP contribution >= 0.6 is 0 Å². The van der Waals surface area contributed by atoms with Crippen LogP contribution in [0.3, 0.4) is 0 Å². The molecule has 3 aromatic heterocycles. The molecular formula is C43H40N5OPd-3. The Hall–Kier alpha value is -4.83. The summed E-state index contributed by atoms with van der Waals surface area (Å²) >= 11 is 0. The second-order valence-corrected chi connectivity index (χ2v) is 14.7. The summed E-state index contributed by atoms with van der Waals surface area (Å²) in [6.45, 7) is 12.3. The van der Waals surface area contributed by atoms with Gasteiger partial charge in [0.15, 0.2) is 0 Å². The minimum Gasteiger partial charge on any atom is -0.510 e. The van der Waals surface area contributed by atoms with E-state index in [0.29, 0.717) is 17.2 Å². The molecular weight excluding hydrogens is 709 g/mol. The summed E-state index contributed by atoms with van der Waals surface area (Å²) in [5.41, 5.74) is 7.69. The Morgan fingerprint density at radius 2 is 1.46 bits per heavy atom. The summed E-state index contributed by atoms with van der Waals surface area (Å²) in [4.78, 5) is 7.90. The van der Waals surface area contributed by atoms with Gasteiger partial charge in [0.1, 0.15) is 5.82 Å². The van der Waals surface area contributed by atoms with E-state index in [9.17, 15) is 0 Å². The van der Waals surface area contributed by atoms with Crippen molar-refractivity contribution in [2.75, 3.05) is 11.9 Å². The first-order valence-electron chi connectivity index (χ1n) is 18.0. The largest absolute Gasteiger partial charge is 0.510 e. The maximum Gasteiger partial charge on any atom is 0.135 e. The molecule has 4 heterocycles. The third-order valence-corrected chi connectivity index (χ3v) is 9.13. The van der Waals surface area contributed by atoms with Crippen molar-refractivity contribution < 1.29 is 29.3 Å². The van der Waals surface area contributed by atoms with Crippen LogP contribution in [0, 0.1) is 18.8 Å². The molecule has 0 saturated carbocycles. The van der Waals surface area contributed by atoms with Crippen LogP contribution in [0.1, 0.15) is 56.8 Å². The van der Waals surface area contributed by atoms with Crippen LogP contribution in [-0.4, -0.2) is 26.0 Å². The van der Waals surface area contributed by atoms with Crippen molar-refractivity contribution in [1.82, 2.24) is 19.0 Å². The number of hydrogen-bond acceptors (Lipinski definition) is 4. The first kappa shape index (κ1) is 30.0. The number of rotatable bonds is 5. The van der Waals surface area contributed by atoms with Crippen molar-refractivity contribution in [1.29, 1.82) is 0 Å². The Morgan fingerprint density at radius 3 is 2.20 bits per heavy atom. The van der Waals surface area contributed by atoms with Crippen LogP contribution in [0.5, 0.6) is 11.5 Å². The molecule has 1 aliphatic heterocycles. The van der Waals surface area contributed by atoms with Crippen LogP contribution in [0.2, 0.25) is 0 Å². The van der Waals surface area contributed by atoms with Crippen molar-refractivity contribution >= 4 is 38.5 Å². The number of hydrogen-bond donors (Lipinski definition) is 0. The van der Waals surface area contributed by atoms with Gasteiger partial charge >= 0.3 is 0 Å². The molecule has 0 spiro atoms. The molecule has 1 aliphatic rings. The predicted octanol–water partition coefficient (Wildman–Crippen LogP) is 10.5. The van der Waals surface area contributed by atoms with Crippen LogP contribution in [-0.2, 0) is 31.3 Å². The zero-order valence-corrected chi connectivity index (χ0v) is 30.5. The van der Waals surface area contributed by atoms with Gasteiger partial charge in [-0.1, -0.05) is 88.8 Å². The molecule has 0 aliphatic carbocycles. The molecule has 0 atom stereocenters. The van der Waals surface area contributed by atoms with Crippen LogP contribution < -0.4 is 9.64 Å². The molecule has 0 amide bonds. The summed E-state index contributed by atoms with van der Waals surface area (Å²) < 4.78 is 34.7. The van der Waals surface area contributed by atoms with E-state index in [2.05, 4.69) is 130 Å². The van der Waals surface area contributed by atoms with E-state index in [1.165, 1.54) is 10.5 Å². The average Bonchev–Trinajstić information content (AvgIpc) is 3.81. The van der Waals surface area contributed by atoms with Gasteiger partial charge in [0.2, 0.25) is 0 Å². The molecule has 0 bridgehead atoms. The van der Waals surface area contributed by atoms with Crippen molar-refractivity contribution in [3.8, 4) is 23.0 Å².